The Morgan fingerprint density at radius 2 is 1.71 bits per heavy atom. The maximum Gasteiger partial charge on any atom is 0.407 e. The van der Waals surface area contributed by atoms with Crippen molar-refractivity contribution in [2.24, 2.45) is 5.92 Å². The highest BCUT2D eigenvalue weighted by Gasteiger charge is 2.37. The second-order valence-corrected chi connectivity index (χ2v) is 13.0. The molecule has 2 heterocycles. The van der Waals surface area contributed by atoms with E-state index >= 15 is 0 Å². The van der Waals surface area contributed by atoms with Crippen molar-refractivity contribution in [2.45, 2.75) is 76.9 Å². The molecule has 1 saturated heterocycles. The second-order valence-electron chi connectivity index (χ2n) is 13.0. The zero-order chi connectivity index (χ0) is 35.4. The summed E-state index contributed by atoms with van der Waals surface area (Å²) >= 11 is 0. The zero-order valence-corrected chi connectivity index (χ0v) is 28.0. The van der Waals surface area contributed by atoms with Gasteiger partial charge in [0.05, 0.1) is 6.04 Å². The number of Topliss-reactive ketones (excluding diaryl/α,β-unsaturated/α-hetero) is 1. The fourth-order valence-corrected chi connectivity index (χ4v) is 5.53. The van der Waals surface area contributed by atoms with Gasteiger partial charge in [-0.1, -0.05) is 35.5 Å². The fourth-order valence-electron chi connectivity index (χ4n) is 5.53. The summed E-state index contributed by atoms with van der Waals surface area (Å²) in [4.78, 5) is 56.6. The van der Waals surface area contributed by atoms with Gasteiger partial charge in [0.25, 0.3) is 5.91 Å². The van der Waals surface area contributed by atoms with Crippen molar-refractivity contribution in [3.8, 4) is 0 Å². The fraction of sp³-hybridized carbons (Fsp3) is 0.486. The van der Waals surface area contributed by atoms with E-state index in [1.807, 2.05) is 30.3 Å². The van der Waals surface area contributed by atoms with Gasteiger partial charge in [-0.25, -0.2) is 13.6 Å². The number of ketones is 1. The number of hydrogen-bond acceptors (Lipinski definition) is 9. The number of nitrogens with zero attached hydrogens (tertiary/aromatic N) is 2. The minimum absolute atomic E-state index is 0.000274. The summed E-state index contributed by atoms with van der Waals surface area (Å²) in [5.74, 6) is -5.33. The number of amides is 3. The number of aromatic nitrogens is 2. The molecule has 264 valence electrons. The molecular weight excluding hydrogens is 638 g/mol. The van der Waals surface area contributed by atoms with Crippen molar-refractivity contribution in [3.63, 3.8) is 0 Å². The lowest BCUT2D eigenvalue weighted by Crippen LogP contribution is -2.41. The molecule has 1 aliphatic rings. The summed E-state index contributed by atoms with van der Waals surface area (Å²) in [6.45, 7) is 7.29. The quantitative estimate of drug-likeness (QED) is 0.134. The molecule has 1 aliphatic heterocycles. The third-order valence-corrected chi connectivity index (χ3v) is 8.01. The van der Waals surface area contributed by atoms with Crippen LogP contribution in [0.5, 0.6) is 0 Å². The van der Waals surface area contributed by atoms with Crippen LogP contribution in [0.3, 0.4) is 0 Å². The average Bonchev–Trinajstić information content (AvgIpc) is 3.55. The molecule has 2 atom stereocenters. The number of carbonyl (C=O) groups excluding carboxylic acids is 4. The summed E-state index contributed by atoms with van der Waals surface area (Å²) in [6.07, 6.45) is 2.33. The number of alkyl carbamates (subject to hydrolysis) is 1. The van der Waals surface area contributed by atoms with Crippen LogP contribution in [0, 0.1) is 17.6 Å². The maximum atomic E-state index is 13.9. The Bertz CT molecular complexity index is 1570. The highest BCUT2D eigenvalue weighted by molar-refractivity contribution is 6.02. The molecule has 1 fully saturated rings. The van der Waals surface area contributed by atoms with E-state index in [-0.39, 0.29) is 42.1 Å². The number of halogens is 2. The van der Waals surface area contributed by atoms with Crippen molar-refractivity contribution in [2.75, 3.05) is 26.2 Å². The van der Waals surface area contributed by atoms with Crippen molar-refractivity contribution in [1.29, 1.82) is 0 Å². The molecule has 2 aromatic carbocycles. The third-order valence-electron chi connectivity index (χ3n) is 8.01. The van der Waals surface area contributed by atoms with Gasteiger partial charge in [-0.15, -0.1) is 0 Å². The Morgan fingerprint density at radius 3 is 2.41 bits per heavy atom. The first kappa shape index (κ1) is 37.1. The van der Waals surface area contributed by atoms with Crippen molar-refractivity contribution < 1.29 is 37.2 Å². The van der Waals surface area contributed by atoms with E-state index < -0.39 is 47.0 Å². The maximum absolute atomic E-state index is 13.9. The second kappa shape index (κ2) is 17.6. The number of nitrogens with one attached hydrogen (secondary N) is 4. The van der Waals surface area contributed by atoms with Crippen LogP contribution >= 0.6 is 0 Å². The summed E-state index contributed by atoms with van der Waals surface area (Å²) in [7, 11) is 0. The molecule has 0 bridgehead atoms. The van der Waals surface area contributed by atoms with Gasteiger partial charge in [0, 0.05) is 18.7 Å². The van der Waals surface area contributed by atoms with Crippen LogP contribution in [0.15, 0.2) is 53.1 Å². The van der Waals surface area contributed by atoms with Gasteiger partial charge in [0.15, 0.2) is 11.6 Å². The Balaban J connectivity index is 1.47. The van der Waals surface area contributed by atoms with Crippen LogP contribution < -0.4 is 21.3 Å². The van der Waals surface area contributed by atoms with Crippen LogP contribution in [-0.2, 0) is 16.0 Å². The molecule has 3 amide bonds. The van der Waals surface area contributed by atoms with Gasteiger partial charge in [0.2, 0.25) is 23.4 Å². The molecule has 4 N–H and O–H groups in total. The van der Waals surface area contributed by atoms with Crippen LogP contribution in [0.2, 0.25) is 0 Å². The number of piperidine rings is 1. The van der Waals surface area contributed by atoms with Gasteiger partial charge >= 0.3 is 6.09 Å². The van der Waals surface area contributed by atoms with E-state index in [0.717, 1.165) is 23.8 Å². The Hall–Kier alpha value is -4.72. The molecule has 3 aromatic rings. The monoisotopic (exact) mass is 682 g/mol. The lowest BCUT2D eigenvalue weighted by molar-refractivity contribution is -0.124. The first-order chi connectivity index (χ1) is 23.4. The lowest BCUT2D eigenvalue weighted by atomic mass is 9.84. The predicted octanol–water partition coefficient (Wildman–Crippen LogP) is 4.47. The molecule has 14 heteroatoms. The van der Waals surface area contributed by atoms with Crippen molar-refractivity contribution in [1.82, 2.24) is 31.4 Å². The van der Waals surface area contributed by atoms with Gasteiger partial charge in [-0.05, 0) is 102 Å². The van der Waals surface area contributed by atoms with Crippen LogP contribution in [0.25, 0.3) is 0 Å². The minimum atomic E-state index is -1.21. The van der Waals surface area contributed by atoms with Crippen LogP contribution in [0.4, 0.5) is 13.6 Å². The number of benzene rings is 2. The molecule has 49 heavy (non-hydrogen) atoms. The van der Waals surface area contributed by atoms with Gasteiger partial charge < -0.3 is 30.5 Å². The molecule has 12 nitrogen and oxygen atoms in total. The summed E-state index contributed by atoms with van der Waals surface area (Å²) in [6, 6.07) is 11.2. The third kappa shape index (κ3) is 11.4. The molecular formula is C35H44F2N6O6. The molecule has 4 rings (SSSR count). The molecule has 2 unspecified atom stereocenters. The smallest absolute Gasteiger partial charge is 0.407 e. The van der Waals surface area contributed by atoms with Gasteiger partial charge in [-0.2, -0.15) is 4.98 Å². The first-order valence-electron chi connectivity index (χ1n) is 16.5. The van der Waals surface area contributed by atoms with Gasteiger partial charge in [-0.3, -0.25) is 14.4 Å². The standard InChI is InChI=1S/C35H44F2N6O6/c1-35(2,3)48-34(47)40-17-8-7-11-27(41-31(45)24-12-13-25(36)26(37)21-24)29(44)30-42-33(49-43-30)28(23-15-18-38-19-16-23)32(46)39-20-14-22-9-5-4-6-10-22/h4-6,9-10,12-13,21,23,27-28,38H,7-8,11,14-20H2,1-3H3,(H,39,46)(H,40,47)(H,41,45). The van der Waals surface area contributed by atoms with E-state index in [2.05, 4.69) is 31.4 Å². The molecule has 0 spiro atoms. The highest BCUT2D eigenvalue weighted by atomic mass is 19.2. The van der Waals surface area contributed by atoms with E-state index in [1.165, 1.54) is 0 Å². The van der Waals surface area contributed by atoms with E-state index in [1.54, 1.807) is 20.8 Å². The van der Waals surface area contributed by atoms with E-state index in [9.17, 15) is 28.0 Å². The number of rotatable bonds is 15. The Labute approximate surface area is 284 Å². The minimum Gasteiger partial charge on any atom is -0.444 e. The predicted molar refractivity (Wildman–Crippen MR) is 176 cm³/mol. The number of ether oxygens (including phenoxy) is 1. The highest BCUT2D eigenvalue weighted by Crippen LogP contribution is 2.31. The number of hydrogen-bond donors (Lipinski definition) is 4. The summed E-state index contributed by atoms with van der Waals surface area (Å²) in [5.41, 5.74) is 0.226. The number of carbonyl (C=O) groups is 4. The first-order valence-corrected chi connectivity index (χ1v) is 16.5. The molecule has 1 aromatic heterocycles. The molecule has 0 radical (unpaired) electrons. The Morgan fingerprint density at radius 1 is 0.980 bits per heavy atom. The number of unbranched alkanes of at least 4 members (excludes halogenated alkanes) is 1. The SMILES string of the molecule is CC(C)(C)OC(=O)NCCCCC(NC(=O)c1ccc(F)c(F)c1)C(=O)c1noc(C(C(=O)NCCc2ccccc2)C2CCNCC2)n1. The van der Waals surface area contributed by atoms with Crippen LogP contribution in [0.1, 0.15) is 91.2 Å². The van der Waals surface area contributed by atoms with Crippen molar-refractivity contribution >= 4 is 23.7 Å². The largest absolute Gasteiger partial charge is 0.444 e. The average molecular weight is 683 g/mol. The lowest BCUT2D eigenvalue weighted by Gasteiger charge is -2.27. The topological polar surface area (TPSA) is 165 Å². The van der Waals surface area contributed by atoms with E-state index in [4.69, 9.17) is 9.26 Å². The van der Waals surface area contributed by atoms with E-state index in [0.29, 0.717) is 51.7 Å². The Kier molecular flexibility index (Phi) is 13.3. The summed E-state index contributed by atoms with van der Waals surface area (Å²) in [5, 5.41) is 15.4. The zero-order valence-electron chi connectivity index (χ0n) is 28.0. The van der Waals surface area contributed by atoms with Crippen LogP contribution in [-0.4, -0.2) is 71.7 Å². The van der Waals surface area contributed by atoms with Crippen molar-refractivity contribution in [3.05, 3.63) is 83.0 Å². The summed E-state index contributed by atoms with van der Waals surface area (Å²) < 4.78 is 38.2. The normalized spacial score (nSPS) is 14.8. The van der Waals surface area contributed by atoms with Gasteiger partial charge in [0.1, 0.15) is 11.5 Å². The molecule has 0 saturated carbocycles. The molecule has 0 aliphatic carbocycles.